The first-order valence-corrected chi connectivity index (χ1v) is 19.9. The Morgan fingerprint density at radius 3 is 2.08 bits per heavy atom. The number of halogens is 2. The van der Waals surface area contributed by atoms with Crippen LogP contribution in [0.1, 0.15) is 55.0 Å². The summed E-state index contributed by atoms with van der Waals surface area (Å²) in [5.74, 6) is 0.0963. The van der Waals surface area contributed by atoms with E-state index in [9.17, 15) is 18.3 Å². The van der Waals surface area contributed by atoms with Crippen molar-refractivity contribution in [2.45, 2.75) is 44.1 Å². The topological polar surface area (TPSA) is 122 Å². The number of hydrogen-bond acceptors (Lipinski definition) is 6. The minimum atomic E-state index is -3.93. The van der Waals surface area contributed by atoms with Crippen LogP contribution >= 0.6 is 23.2 Å². The Morgan fingerprint density at radius 2 is 1.45 bits per heavy atom. The van der Waals surface area contributed by atoms with E-state index in [1.807, 2.05) is 18.2 Å². The largest absolute Gasteiger partial charge is 0.493 e. The quantitative estimate of drug-likeness (QED) is 0.146. The molecule has 0 bridgehead atoms. The van der Waals surface area contributed by atoms with Crippen molar-refractivity contribution in [3.8, 4) is 22.4 Å². The number of anilines is 2. The second-order valence-corrected chi connectivity index (χ2v) is 16.1. The van der Waals surface area contributed by atoms with Crippen molar-refractivity contribution in [3.63, 3.8) is 0 Å². The summed E-state index contributed by atoms with van der Waals surface area (Å²) in [5, 5.41) is 10.8. The number of piperazine rings is 1. The lowest BCUT2D eigenvalue weighted by Crippen LogP contribution is -2.54. The van der Waals surface area contributed by atoms with E-state index in [0.29, 0.717) is 34.1 Å². The molecule has 1 aromatic heterocycles. The zero-order valence-corrected chi connectivity index (χ0v) is 31.1. The average molecular weight is 770 g/mol. The molecule has 2 aliphatic heterocycles. The van der Waals surface area contributed by atoms with Gasteiger partial charge in [0, 0.05) is 35.4 Å². The molecule has 0 radical (unpaired) electrons. The molecule has 1 saturated heterocycles. The lowest BCUT2D eigenvalue weighted by Gasteiger charge is -2.41. The van der Waals surface area contributed by atoms with Crippen LogP contribution in [0.2, 0.25) is 10.0 Å². The number of aliphatic hydroxyl groups excluding tert-OH is 1. The van der Waals surface area contributed by atoms with Crippen molar-refractivity contribution < 1.29 is 18.3 Å². The number of hydrogen-bond donors (Lipinski definition) is 3. The van der Waals surface area contributed by atoms with Crippen LogP contribution in [0.4, 0.5) is 11.4 Å². The van der Waals surface area contributed by atoms with Gasteiger partial charge in [-0.25, -0.2) is 14.0 Å². The van der Waals surface area contributed by atoms with Crippen LogP contribution in [0.25, 0.3) is 22.4 Å². The lowest BCUT2D eigenvalue weighted by molar-refractivity contribution is -0.134. The number of nitrogens with zero attached hydrogens (tertiary/aromatic N) is 4. The molecule has 0 spiro atoms. The average Bonchev–Trinajstić information content (AvgIpc) is 3.75. The van der Waals surface area contributed by atoms with Crippen LogP contribution in [0.15, 0.2) is 109 Å². The molecule has 3 heterocycles. The third-order valence-corrected chi connectivity index (χ3v) is 12.2. The zero-order chi connectivity index (χ0) is 36.7. The molecule has 3 aliphatic rings. The number of aromatic amines is 1. The fourth-order valence-corrected chi connectivity index (χ4v) is 9.23. The third-order valence-electron chi connectivity index (χ3n) is 10.4. The highest BCUT2D eigenvalue weighted by atomic mass is 35.5. The van der Waals surface area contributed by atoms with E-state index in [0.717, 1.165) is 75.6 Å². The predicted octanol–water partition coefficient (Wildman–Crippen LogP) is 8.22. The number of aromatic nitrogens is 2. The van der Waals surface area contributed by atoms with Gasteiger partial charge in [-0.1, -0.05) is 91.0 Å². The van der Waals surface area contributed by atoms with E-state index in [2.05, 4.69) is 68.0 Å². The maximum atomic E-state index is 13.1. The van der Waals surface area contributed by atoms with Crippen LogP contribution in [0, 0.1) is 0 Å². The highest BCUT2D eigenvalue weighted by molar-refractivity contribution is 7.91. The number of amides is 1. The van der Waals surface area contributed by atoms with Crippen molar-refractivity contribution in [2.75, 3.05) is 28.8 Å². The lowest BCUT2D eigenvalue weighted by atomic mass is 9.89. The summed E-state index contributed by atoms with van der Waals surface area (Å²) in [6, 6.07) is 29.5. The van der Waals surface area contributed by atoms with Gasteiger partial charge in [0.25, 0.3) is 0 Å². The Labute approximate surface area is 318 Å². The van der Waals surface area contributed by atoms with Gasteiger partial charge >= 0.3 is 10.2 Å². The van der Waals surface area contributed by atoms with Crippen LogP contribution in [0.3, 0.4) is 0 Å². The minimum Gasteiger partial charge on any atom is -0.493 e. The molecule has 1 amide bonds. The van der Waals surface area contributed by atoms with Crippen LogP contribution < -0.4 is 13.9 Å². The van der Waals surface area contributed by atoms with Crippen molar-refractivity contribution in [1.82, 2.24) is 19.6 Å². The van der Waals surface area contributed by atoms with Gasteiger partial charge in [0.15, 0.2) is 0 Å². The molecule has 3 N–H and O–H groups in total. The minimum absolute atomic E-state index is 0.223. The van der Waals surface area contributed by atoms with E-state index in [-0.39, 0.29) is 11.8 Å². The van der Waals surface area contributed by atoms with E-state index < -0.39 is 16.1 Å². The second-order valence-electron chi connectivity index (χ2n) is 13.7. The highest BCUT2D eigenvalue weighted by Gasteiger charge is 2.31. The van der Waals surface area contributed by atoms with Crippen molar-refractivity contribution in [3.05, 3.63) is 136 Å². The Kier molecular flexibility index (Phi) is 9.57. The molecule has 4 aromatic carbocycles. The second kappa shape index (κ2) is 14.5. The van der Waals surface area contributed by atoms with E-state index in [4.69, 9.17) is 28.2 Å². The van der Waals surface area contributed by atoms with Gasteiger partial charge in [0.05, 0.1) is 41.3 Å². The van der Waals surface area contributed by atoms with E-state index in [1.54, 1.807) is 30.5 Å². The Morgan fingerprint density at radius 1 is 0.811 bits per heavy atom. The smallest absolute Gasteiger partial charge is 0.330 e. The molecule has 1 unspecified atom stereocenters. The molecule has 2 fully saturated rings. The summed E-state index contributed by atoms with van der Waals surface area (Å²) in [7, 11) is -3.93. The van der Waals surface area contributed by atoms with Gasteiger partial charge in [-0.2, -0.15) is 8.42 Å². The first-order valence-electron chi connectivity index (χ1n) is 17.7. The number of carbonyl (C=O) groups is 1. The van der Waals surface area contributed by atoms with Crippen molar-refractivity contribution >= 4 is 50.7 Å². The summed E-state index contributed by atoms with van der Waals surface area (Å²) >= 11 is 12.7. The predicted molar refractivity (Wildman–Crippen MR) is 209 cm³/mol. The highest BCUT2D eigenvalue weighted by Crippen LogP contribution is 2.37. The summed E-state index contributed by atoms with van der Waals surface area (Å²) in [6.07, 6.45) is 8.82. The number of benzene rings is 4. The van der Waals surface area contributed by atoms with Gasteiger partial charge < -0.3 is 19.9 Å². The molecule has 1 atom stereocenters. The number of aliphatic hydroxyl groups is 1. The van der Waals surface area contributed by atoms with E-state index in [1.165, 1.54) is 19.3 Å². The fourth-order valence-electron chi connectivity index (χ4n) is 7.67. The first kappa shape index (κ1) is 35.1. The summed E-state index contributed by atoms with van der Waals surface area (Å²) in [6.45, 7) is 2.02. The van der Waals surface area contributed by atoms with Gasteiger partial charge in [0.1, 0.15) is 5.82 Å². The fraction of sp³-hybridized carbons (Fsp3) is 0.250. The van der Waals surface area contributed by atoms with Gasteiger partial charge in [0.2, 0.25) is 11.8 Å². The van der Waals surface area contributed by atoms with Crippen LogP contribution in [-0.4, -0.2) is 60.0 Å². The number of rotatable bonds is 8. The van der Waals surface area contributed by atoms with Crippen LogP contribution in [-0.2, 0) is 15.0 Å². The Balaban J connectivity index is 1.05. The summed E-state index contributed by atoms with van der Waals surface area (Å²) < 4.78 is 28.1. The molecule has 8 rings (SSSR count). The maximum absolute atomic E-state index is 13.1. The molecule has 1 saturated carbocycles. The molecule has 272 valence electrons. The first-order chi connectivity index (χ1) is 25.6. The normalized spacial score (nSPS) is 18.2. The molecular weight excluding hydrogens is 731 g/mol. The van der Waals surface area contributed by atoms with E-state index >= 15 is 0 Å². The number of imidazole rings is 1. The Bertz CT molecular complexity index is 2270. The molecule has 13 heteroatoms. The summed E-state index contributed by atoms with van der Waals surface area (Å²) in [4.78, 5) is 25.6. The SMILES string of the molecule is O=C1CN(c2ccc(-c3ccc(C(c4ccc(N5C=C(O)NS5(=O)=O)cc4)c4ncc(-c5ccc(Cl)cc5Cl)[nH]4)cc3)cc2)CCN1C1CCCCC1. The third kappa shape index (κ3) is 7.21. The zero-order valence-electron chi connectivity index (χ0n) is 28.8. The van der Waals surface area contributed by atoms with Gasteiger partial charge in [-0.15, -0.1) is 0 Å². The summed E-state index contributed by atoms with van der Waals surface area (Å²) in [5.41, 5.74) is 6.83. The van der Waals surface area contributed by atoms with Crippen molar-refractivity contribution in [1.29, 1.82) is 0 Å². The Hall–Kier alpha value is -4.97. The van der Waals surface area contributed by atoms with Gasteiger partial charge in [-0.05, 0) is 77.6 Å². The molecular formula is C40H38Cl2N6O4S. The molecule has 53 heavy (non-hydrogen) atoms. The number of nitrogens with one attached hydrogen (secondary N) is 2. The number of H-pyrrole nitrogens is 1. The number of carbonyl (C=O) groups excluding carboxylic acids is 1. The standard InChI is InChI=1S/C40H38Cl2N6O4S/c41-30-14-19-34(35(42)22-30)36-23-43-40(44-36)39(29-12-17-33(18-13-29)48-24-37(49)45-53(48,51)52)28-8-6-26(7-9-28)27-10-15-31(16-11-27)46-20-21-47(38(50)25-46)32-4-2-1-3-5-32/h6-19,22-24,32,39,45,49H,1-5,20-21,25H2,(H,43,44). The monoisotopic (exact) mass is 768 g/mol. The molecule has 5 aromatic rings. The maximum Gasteiger partial charge on any atom is 0.330 e. The molecule has 1 aliphatic carbocycles. The van der Waals surface area contributed by atoms with Crippen LogP contribution in [0.5, 0.6) is 0 Å². The molecule has 10 nitrogen and oxygen atoms in total. The van der Waals surface area contributed by atoms with Crippen molar-refractivity contribution in [2.24, 2.45) is 0 Å². The van der Waals surface area contributed by atoms with Gasteiger partial charge in [-0.3, -0.25) is 4.79 Å².